The number of carbonyl (C=O) groups excluding carboxylic acids is 1. The minimum absolute atomic E-state index is 0.00842. The lowest BCUT2D eigenvalue weighted by molar-refractivity contribution is -0.135. The van der Waals surface area contributed by atoms with Gasteiger partial charge in [0.25, 0.3) is 0 Å². The summed E-state index contributed by atoms with van der Waals surface area (Å²) in [6.07, 6.45) is 15.7. The third-order valence-electron chi connectivity index (χ3n) is 6.90. The Bertz CT molecular complexity index is 907. The molecule has 3 heterocycles. The van der Waals surface area contributed by atoms with Gasteiger partial charge in [0, 0.05) is 51.2 Å². The highest BCUT2D eigenvalue weighted by Gasteiger charge is 2.32. The molecule has 2 aromatic heterocycles. The molecule has 1 unspecified atom stereocenters. The number of aromatic nitrogens is 3. The summed E-state index contributed by atoms with van der Waals surface area (Å²) in [5.41, 5.74) is 4.19. The monoisotopic (exact) mass is 421 g/mol. The van der Waals surface area contributed by atoms with Crippen molar-refractivity contribution < 1.29 is 4.79 Å². The maximum absolute atomic E-state index is 13.3. The first-order valence-electron chi connectivity index (χ1n) is 11.8. The van der Waals surface area contributed by atoms with Crippen LogP contribution in [0.15, 0.2) is 24.7 Å². The summed E-state index contributed by atoms with van der Waals surface area (Å²) in [6.45, 7) is 2.89. The number of amides is 1. The van der Waals surface area contributed by atoms with Crippen LogP contribution in [0.1, 0.15) is 75.1 Å². The van der Waals surface area contributed by atoms with Crippen molar-refractivity contribution in [2.75, 3.05) is 25.5 Å². The Labute approximate surface area is 186 Å². The second-order valence-electron chi connectivity index (χ2n) is 9.34. The molecule has 0 radical (unpaired) electrons. The fraction of sp³-hybridized carbons (Fsp3) is 0.600. The summed E-state index contributed by atoms with van der Waals surface area (Å²) in [4.78, 5) is 31.2. The molecule has 0 spiro atoms. The number of pyridine rings is 1. The van der Waals surface area contributed by atoms with E-state index in [2.05, 4.69) is 21.8 Å². The predicted octanol–water partition coefficient (Wildman–Crippen LogP) is 4.94. The van der Waals surface area contributed by atoms with Gasteiger partial charge in [0.2, 0.25) is 11.9 Å². The third-order valence-corrected chi connectivity index (χ3v) is 6.90. The molecule has 6 heteroatoms. The maximum atomic E-state index is 13.3. The van der Waals surface area contributed by atoms with Gasteiger partial charge >= 0.3 is 0 Å². The van der Waals surface area contributed by atoms with Crippen LogP contribution in [0.5, 0.6) is 0 Å². The third kappa shape index (κ3) is 4.89. The highest BCUT2D eigenvalue weighted by Crippen LogP contribution is 2.38. The fourth-order valence-corrected chi connectivity index (χ4v) is 5.12. The van der Waals surface area contributed by atoms with Gasteiger partial charge in [0.15, 0.2) is 0 Å². The molecule has 4 rings (SSSR count). The molecule has 1 atom stereocenters. The molecule has 2 aromatic rings. The minimum Gasteiger partial charge on any atom is -0.347 e. The molecule has 1 aliphatic heterocycles. The molecule has 6 nitrogen and oxygen atoms in total. The van der Waals surface area contributed by atoms with Gasteiger partial charge in [-0.25, -0.2) is 9.97 Å². The summed E-state index contributed by atoms with van der Waals surface area (Å²) >= 11 is 0. The molecule has 166 valence electrons. The van der Waals surface area contributed by atoms with Crippen molar-refractivity contribution in [2.45, 2.75) is 70.8 Å². The Hall–Kier alpha value is -2.50. The largest absolute Gasteiger partial charge is 0.347 e. The number of likely N-dealkylation sites (tertiary alicyclic amines) is 1. The van der Waals surface area contributed by atoms with Crippen LogP contribution in [0, 0.1) is 12.8 Å². The van der Waals surface area contributed by atoms with E-state index in [-0.39, 0.29) is 6.04 Å². The highest BCUT2D eigenvalue weighted by molar-refractivity contribution is 5.78. The predicted molar refractivity (Wildman–Crippen MR) is 124 cm³/mol. The normalized spacial score (nSPS) is 19.6. The first-order valence-corrected chi connectivity index (χ1v) is 11.8. The van der Waals surface area contributed by atoms with E-state index in [9.17, 15) is 4.79 Å². The number of carbonyl (C=O) groups is 1. The van der Waals surface area contributed by atoms with Crippen molar-refractivity contribution in [3.05, 3.63) is 35.9 Å². The number of anilines is 1. The van der Waals surface area contributed by atoms with Crippen molar-refractivity contribution in [1.82, 2.24) is 19.9 Å². The second kappa shape index (κ2) is 9.75. The van der Waals surface area contributed by atoms with Crippen molar-refractivity contribution in [3.8, 4) is 11.1 Å². The van der Waals surface area contributed by atoms with Gasteiger partial charge in [-0.3, -0.25) is 9.78 Å². The lowest BCUT2D eigenvalue weighted by Crippen LogP contribution is -2.39. The summed E-state index contributed by atoms with van der Waals surface area (Å²) in [5, 5.41) is 0. The molecule has 0 bridgehead atoms. The summed E-state index contributed by atoms with van der Waals surface area (Å²) < 4.78 is 0. The first-order chi connectivity index (χ1) is 15.0. The van der Waals surface area contributed by atoms with E-state index in [1.807, 2.05) is 43.7 Å². The number of rotatable bonds is 6. The average Bonchev–Trinajstić information content (AvgIpc) is 3.31. The Kier molecular flexibility index (Phi) is 6.83. The zero-order valence-electron chi connectivity index (χ0n) is 19.2. The Balaban J connectivity index is 1.66. The molecule has 1 aliphatic carbocycles. The van der Waals surface area contributed by atoms with Crippen LogP contribution >= 0.6 is 0 Å². The van der Waals surface area contributed by atoms with Gasteiger partial charge in [-0.2, -0.15) is 0 Å². The Morgan fingerprint density at radius 1 is 1.10 bits per heavy atom. The maximum Gasteiger partial charge on any atom is 0.225 e. The molecular formula is C25H35N5O. The van der Waals surface area contributed by atoms with Crippen molar-refractivity contribution in [2.24, 2.45) is 5.92 Å². The molecule has 0 aromatic carbocycles. The number of nitrogens with zero attached hydrogens (tertiary/aromatic N) is 5. The molecule has 2 fully saturated rings. The zero-order valence-corrected chi connectivity index (χ0v) is 19.2. The standard InChI is InChI=1S/C25H35N5O/c1-18-16-26-14-13-20(18)21-17-27-25(29(2)3)28-24(21)22-10-6-7-15-30(22)23(31)12-11-19-8-4-5-9-19/h13-14,16-17,19,22H,4-12,15H2,1-3H3. The van der Waals surface area contributed by atoms with E-state index >= 15 is 0 Å². The Morgan fingerprint density at radius 3 is 2.61 bits per heavy atom. The van der Waals surface area contributed by atoms with Crippen LogP contribution in [0.2, 0.25) is 0 Å². The van der Waals surface area contributed by atoms with Gasteiger partial charge < -0.3 is 9.80 Å². The molecule has 31 heavy (non-hydrogen) atoms. The lowest BCUT2D eigenvalue weighted by atomic mass is 9.92. The fourth-order valence-electron chi connectivity index (χ4n) is 5.12. The summed E-state index contributed by atoms with van der Waals surface area (Å²) in [6, 6.07) is 2.04. The lowest BCUT2D eigenvalue weighted by Gasteiger charge is -2.37. The topological polar surface area (TPSA) is 62.2 Å². The van der Waals surface area contributed by atoms with Crippen LogP contribution in [0.4, 0.5) is 5.95 Å². The smallest absolute Gasteiger partial charge is 0.225 e. The molecule has 1 saturated heterocycles. The van der Waals surface area contributed by atoms with E-state index in [1.54, 1.807) is 0 Å². The first kappa shape index (κ1) is 21.7. The molecule has 1 amide bonds. The number of hydrogen-bond donors (Lipinski definition) is 0. The van der Waals surface area contributed by atoms with E-state index in [4.69, 9.17) is 4.98 Å². The van der Waals surface area contributed by atoms with Gasteiger partial charge in [-0.05, 0) is 55.7 Å². The SMILES string of the molecule is Cc1cnccc1-c1cnc(N(C)C)nc1C1CCCCN1C(=O)CCC1CCCC1. The van der Waals surface area contributed by atoms with Crippen molar-refractivity contribution in [3.63, 3.8) is 0 Å². The summed E-state index contributed by atoms with van der Waals surface area (Å²) in [7, 11) is 3.92. The van der Waals surface area contributed by atoms with E-state index in [1.165, 1.54) is 25.7 Å². The van der Waals surface area contributed by atoms with Crippen LogP contribution in [0.3, 0.4) is 0 Å². The van der Waals surface area contributed by atoms with Crippen LogP contribution in [0.25, 0.3) is 11.1 Å². The number of piperidine rings is 1. The quantitative estimate of drug-likeness (QED) is 0.661. The summed E-state index contributed by atoms with van der Waals surface area (Å²) in [5.74, 6) is 1.72. The van der Waals surface area contributed by atoms with Crippen LogP contribution in [-0.2, 0) is 4.79 Å². The molecule has 2 aliphatic rings. The van der Waals surface area contributed by atoms with Gasteiger partial charge in [-0.15, -0.1) is 0 Å². The molecule has 0 N–H and O–H groups in total. The Morgan fingerprint density at radius 2 is 1.87 bits per heavy atom. The number of hydrogen-bond acceptors (Lipinski definition) is 5. The average molecular weight is 422 g/mol. The van der Waals surface area contributed by atoms with Crippen LogP contribution < -0.4 is 4.90 Å². The highest BCUT2D eigenvalue weighted by atomic mass is 16.2. The van der Waals surface area contributed by atoms with Gasteiger partial charge in [-0.1, -0.05) is 25.7 Å². The van der Waals surface area contributed by atoms with Crippen LogP contribution in [-0.4, -0.2) is 46.4 Å². The van der Waals surface area contributed by atoms with E-state index in [0.717, 1.165) is 60.5 Å². The molecule has 1 saturated carbocycles. The van der Waals surface area contributed by atoms with Gasteiger partial charge in [0.05, 0.1) is 11.7 Å². The molecular weight excluding hydrogens is 386 g/mol. The van der Waals surface area contributed by atoms with Crippen molar-refractivity contribution >= 4 is 11.9 Å². The van der Waals surface area contributed by atoms with E-state index < -0.39 is 0 Å². The number of aryl methyl sites for hydroxylation is 1. The second-order valence-corrected chi connectivity index (χ2v) is 9.34. The van der Waals surface area contributed by atoms with Crippen molar-refractivity contribution in [1.29, 1.82) is 0 Å². The minimum atomic E-state index is 0.00842. The zero-order chi connectivity index (χ0) is 21.8. The van der Waals surface area contributed by atoms with Gasteiger partial charge in [0.1, 0.15) is 0 Å². The van der Waals surface area contributed by atoms with E-state index in [0.29, 0.717) is 18.3 Å².